The molecule has 8 heavy (non-hydrogen) atoms. The lowest BCUT2D eigenvalue weighted by atomic mass is 10.6. The molecule has 0 aromatic carbocycles. The zero-order valence-corrected chi connectivity index (χ0v) is 5.46. The Balaban J connectivity index is 0. The van der Waals surface area contributed by atoms with Crippen molar-refractivity contribution in [3.8, 4) is 0 Å². The van der Waals surface area contributed by atoms with Crippen LogP contribution in [0.1, 0.15) is 0 Å². The molecule has 0 bridgehead atoms. The van der Waals surface area contributed by atoms with Gasteiger partial charge in [0.25, 0.3) is 0 Å². The molecule has 3 N–H and O–H groups in total. The predicted molar refractivity (Wildman–Crippen MR) is 34.7 cm³/mol. The largest absolute Gasteiger partial charge is 0.320 e. The normalized spacial score (nSPS) is 7.62. The zero-order chi connectivity index (χ0) is 6.99. The Bertz CT molecular complexity index is 45.7. The molecule has 0 fully saturated rings. The third kappa shape index (κ3) is 17.5. The Morgan fingerprint density at radius 2 is 2.00 bits per heavy atom. The summed E-state index contributed by atoms with van der Waals surface area (Å²) in [7, 11) is 4.03. The molecule has 0 spiro atoms. The third-order valence-corrected chi connectivity index (χ3v) is 0.494. The summed E-state index contributed by atoms with van der Waals surface area (Å²) in [5, 5.41) is 6.50. The summed E-state index contributed by atoms with van der Waals surface area (Å²) in [5.41, 5.74) is 0. The van der Waals surface area contributed by atoms with Crippen molar-refractivity contribution in [2.45, 2.75) is 0 Å². The number of hydrogen-bond acceptors (Lipinski definition) is 3. The smallest absolute Gasteiger partial charge is 0.0154 e. The van der Waals surface area contributed by atoms with Crippen LogP contribution in [0.25, 0.3) is 0 Å². The third-order valence-electron chi connectivity index (χ3n) is 0.494. The number of likely N-dealkylation sites (N-methyl/N-ethyl adjacent to an activating group) is 1. The number of rotatable bonds is 2. The van der Waals surface area contributed by atoms with Gasteiger partial charge in [0, 0.05) is 6.54 Å². The van der Waals surface area contributed by atoms with Gasteiger partial charge < -0.3 is 10.1 Å². The fourth-order valence-corrected chi connectivity index (χ4v) is 0.258. The first-order valence-corrected chi connectivity index (χ1v) is 2.29. The van der Waals surface area contributed by atoms with Crippen molar-refractivity contribution >= 4 is 0 Å². The summed E-state index contributed by atoms with van der Waals surface area (Å²) in [6, 6.07) is 0. The Labute approximate surface area is 50.4 Å². The first-order chi connectivity index (χ1) is 3.77. The molecule has 3 heteroatoms. The van der Waals surface area contributed by atoms with E-state index in [1.54, 1.807) is 0 Å². The molecule has 0 aliphatic heterocycles. The number of nitrogens with two attached hydrogens (primary N) is 1. The van der Waals surface area contributed by atoms with E-state index < -0.39 is 0 Å². The predicted octanol–water partition coefficient (Wildman–Crippen LogP) is 0.0683. The maximum Gasteiger partial charge on any atom is 0.0154 e. The molecule has 0 aromatic rings. The molecule has 0 atom stereocenters. The summed E-state index contributed by atoms with van der Waals surface area (Å²) in [6.45, 7) is 4.53. The fourth-order valence-electron chi connectivity index (χ4n) is 0.258. The van der Waals surface area contributed by atoms with Crippen molar-refractivity contribution in [3.63, 3.8) is 0 Å². The lowest BCUT2D eigenvalue weighted by molar-refractivity contribution is 0.311. The van der Waals surface area contributed by atoms with Crippen LogP contribution >= 0.6 is 0 Å². The SMILES string of the molecule is C=CCN(C)C.NO. The molecule has 0 aromatic heterocycles. The van der Waals surface area contributed by atoms with Gasteiger partial charge in [-0.25, -0.2) is 5.90 Å². The second-order valence-electron chi connectivity index (χ2n) is 1.55. The summed E-state index contributed by atoms with van der Waals surface area (Å²) < 4.78 is 0. The van der Waals surface area contributed by atoms with E-state index in [0.29, 0.717) is 0 Å². The van der Waals surface area contributed by atoms with Gasteiger partial charge in [-0.2, -0.15) is 0 Å². The second kappa shape index (κ2) is 9.80. The first-order valence-electron chi connectivity index (χ1n) is 2.29. The molecule has 0 unspecified atom stereocenters. The number of nitrogens with zero attached hydrogens (tertiary/aromatic N) is 1. The van der Waals surface area contributed by atoms with Gasteiger partial charge in [0.15, 0.2) is 0 Å². The Kier molecular flexibility index (Phi) is 12.9. The van der Waals surface area contributed by atoms with Gasteiger partial charge in [-0.1, -0.05) is 6.08 Å². The van der Waals surface area contributed by atoms with Gasteiger partial charge in [0.2, 0.25) is 0 Å². The van der Waals surface area contributed by atoms with E-state index in [-0.39, 0.29) is 0 Å². The first kappa shape index (κ1) is 10.6. The summed E-state index contributed by atoms with van der Waals surface area (Å²) in [4.78, 5) is 2.06. The van der Waals surface area contributed by atoms with Gasteiger partial charge in [-0.3, -0.25) is 0 Å². The van der Waals surface area contributed by atoms with Crippen LogP contribution in [0.3, 0.4) is 0 Å². The van der Waals surface area contributed by atoms with Crippen LogP contribution in [-0.4, -0.2) is 30.7 Å². The highest BCUT2D eigenvalue weighted by atomic mass is 16.4. The molecule has 0 aliphatic carbocycles. The van der Waals surface area contributed by atoms with Crippen LogP contribution in [0.4, 0.5) is 0 Å². The van der Waals surface area contributed by atoms with E-state index in [1.807, 2.05) is 20.2 Å². The Hall–Kier alpha value is -0.380. The van der Waals surface area contributed by atoms with E-state index >= 15 is 0 Å². The van der Waals surface area contributed by atoms with Crippen molar-refractivity contribution in [1.29, 1.82) is 0 Å². The van der Waals surface area contributed by atoms with Gasteiger partial charge in [-0.15, -0.1) is 6.58 Å². The fraction of sp³-hybridized carbons (Fsp3) is 0.600. The molecule has 0 saturated carbocycles. The van der Waals surface area contributed by atoms with Crippen LogP contribution in [0, 0.1) is 0 Å². The molecule has 0 rings (SSSR count). The standard InChI is InChI=1S/C5H11N.H3NO/c1-4-5-6(2)3;1-2/h4H,1,5H2,2-3H3;2H,1H2. The minimum atomic E-state index is 0.972. The zero-order valence-electron chi connectivity index (χ0n) is 5.46. The van der Waals surface area contributed by atoms with E-state index in [2.05, 4.69) is 17.4 Å². The maximum absolute atomic E-state index is 6.50. The second-order valence-corrected chi connectivity index (χ2v) is 1.55. The van der Waals surface area contributed by atoms with Crippen LogP contribution < -0.4 is 5.90 Å². The van der Waals surface area contributed by atoms with Crippen molar-refractivity contribution in [2.24, 2.45) is 5.90 Å². The lowest BCUT2D eigenvalue weighted by Crippen LogP contribution is -2.09. The minimum absolute atomic E-state index is 0.972. The molecule has 3 nitrogen and oxygen atoms in total. The van der Waals surface area contributed by atoms with E-state index in [0.717, 1.165) is 6.54 Å². The van der Waals surface area contributed by atoms with Crippen LogP contribution in [0.15, 0.2) is 12.7 Å². The van der Waals surface area contributed by atoms with Crippen molar-refractivity contribution in [2.75, 3.05) is 20.6 Å². The van der Waals surface area contributed by atoms with Gasteiger partial charge >= 0.3 is 0 Å². The molecule has 0 aliphatic rings. The Morgan fingerprint density at radius 1 is 1.62 bits per heavy atom. The highest BCUT2D eigenvalue weighted by Gasteiger charge is 1.75. The van der Waals surface area contributed by atoms with E-state index in [1.165, 1.54) is 0 Å². The highest BCUT2D eigenvalue weighted by Crippen LogP contribution is 1.69. The van der Waals surface area contributed by atoms with Crippen LogP contribution in [-0.2, 0) is 0 Å². The lowest BCUT2D eigenvalue weighted by Gasteiger charge is -2.01. The minimum Gasteiger partial charge on any atom is -0.320 e. The molecule has 0 heterocycles. The molecular weight excluding hydrogens is 104 g/mol. The van der Waals surface area contributed by atoms with E-state index in [4.69, 9.17) is 5.21 Å². The summed E-state index contributed by atoms with van der Waals surface area (Å²) in [5.74, 6) is 3.50. The monoisotopic (exact) mass is 118 g/mol. The van der Waals surface area contributed by atoms with Gasteiger partial charge in [0.05, 0.1) is 0 Å². The van der Waals surface area contributed by atoms with Crippen molar-refractivity contribution in [3.05, 3.63) is 12.7 Å². The van der Waals surface area contributed by atoms with Crippen LogP contribution in [0.5, 0.6) is 0 Å². The van der Waals surface area contributed by atoms with E-state index in [9.17, 15) is 0 Å². The average molecular weight is 118 g/mol. The molecular formula is C5H14N2O. The quantitative estimate of drug-likeness (QED) is 0.398. The molecule has 0 radical (unpaired) electrons. The van der Waals surface area contributed by atoms with Crippen LogP contribution in [0.2, 0.25) is 0 Å². The number of hydrogen-bond donors (Lipinski definition) is 2. The summed E-state index contributed by atoms with van der Waals surface area (Å²) >= 11 is 0. The van der Waals surface area contributed by atoms with Gasteiger partial charge in [-0.05, 0) is 14.1 Å². The molecule has 0 amide bonds. The topological polar surface area (TPSA) is 49.5 Å². The molecule has 50 valence electrons. The highest BCUT2D eigenvalue weighted by molar-refractivity contribution is 4.68. The van der Waals surface area contributed by atoms with Crippen molar-refractivity contribution < 1.29 is 5.21 Å². The summed E-state index contributed by atoms with van der Waals surface area (Å²) in [6.07, 6.45) is 1.88. The van der Waals surface area contributed by atoms with Gasteiger partial charge in [0.1, 0.15) is 0 Å². The van der Waals surface area contributed by atoms with Crippen molar-refractivity contribution in [1.82, 2.24) is 4.90 Å². The Morgan fingerprint density at radius 3 is 2.00 bits per heavy atom. The molecule has 0 saturated heterocycles. The maximum atomic E-state index is 6.50. The average Bonchev–Trinajstić information content (AvgIpc) is 1.72.